The summed E-state index contributed by atoms with van der Waals surface area (Å²) < 4.78 is 0. The molecule has 0 aromatic carbocycles. The number of nitrogens with zero attached hydrogens (tertiary/aromatic N) is 2. The number of hydrogen-bond donors (Lipinski definition) is 1. The van der Waals surface area contributed by atoms with E-state index < -0.39 is 0 Å². The van der Waals surface area contributed by atoms with Crippen molar-refractivity contribution in [3.8, 4) is 0 Å². The fourth-order valence-corrected chi connectivity index (χ4v) is 1.51. The Morgan fingerprint density at radius 3 is 2.33 bits per heavy atom. The van der Waals surface area contributed by atoms with Crippen molar-refractivity contribution in [3.63, 3.8) is 0 Å². The summed E-state index contributed by atoms with van der Waals surface area (Å²) in [6.45, 7) is 6.43. The largest absolute Gasteiger partial charge is 0.327 e. The van der Waals surface area contributed by atoms with Gasteiger partial charge in [-0.2, -0.15) is 0 Å². The molecule has 0 aromatic rings. The van der Waals surface area contributed by atoms with Gasteiger partial charge in [0.05, 0.1) is 0 Å². The van der Waals surface area contributed by atoms with E-state index in [9.17, 15) is 9.59 Å². The molecule has 0 spiro atoms. The predicted molar refractivity (Wildman–Crippen MR) is 57.5 cm³/mol. The number of rotatable bonds is 4. The second-order valence-electron chi connectivity index (χ2n) is 4.20. The Hall–Kier alpha value is -1.10. The smallest absolute Gasteiger partial charge is 0.315 e. The molecule has 1 aliphatic heterocycles. The molecule has 5 heteroatoms. The first-order valence-corrected chi connectivity index (χ1v) is 5.25. The van der Waals surface area contributed by atoms with Crippen molar-refractivity contribution >= 4 is 11.9 Å². The topological polar surface area (TPSA) is 52.7 Å². The van der Waals surface area contributed by atoms with Crippen LogP contribution >= 0.6 is 0 Å². The van der Waals surface area contributed by atoms with Gasteiger partial charge in [-0.05, 0) is 27.8 Å². The van der Waals surface area contributed by atoms with Gasteiger partial charge in [-0.3, -0.25) is 9.69 Å². The van der Waals surface area contributed by atoms with Gasteiger partial charge in [0, 0.05) is 18.6 Å². The summed E-state index contributed by atoms with van der Waals surface area (Å²) >= 11 is 0. The van der Waals surface area contributed by atoms with E-state index in [-0.39, 0.29) is 30.6 Å². The van der Waals surface area contributed by atoms with Crippen molar-refractivity contribution in [2.24, 2.45) is 0 Å². The van der Waals surface area contributed by atoms with Gasteiger partial charge in [-0.25, -0.2) is 4.79 Å². The summed E-state index contributed by atoms with van der Waals surface area (Å²) in [5.41, 5.74) is 0. The van der Waals surface area contributed by atoms with Crippen LogP contribution in [0, 0.1) is 0 Å². The van der Waals surface area contributed by atoms with Crippen LogP contribution in [-0.2, 0) is 4.79 Å². The van der Waals surface area contributed by atoms with E-state index in [4.69, 9.17) is 0 Å². The lowest BCUT2D eigenvalue weighted by molar-refractivity contribution is -0.125. The minimum atomic E-state index is -0.169. The van der Waals surface area contributed by atoms with Gasteiger partial charge in [0.1, 0.15) is 6.54 Å². The van der Waals surface area contributed by atoms with Gasteiger partial charge in [0.25, 0.3) is 0 Å². The van der Waals surface area contributed by atoms with Crippen LogP contribution in [-0.4, -0.2) is 54.0 Å². The summed E-state index contributed by atoms with van der Waals surface area (Å²) in [6.07, 6.45) is 0. The zero-order chi connectivity index (χ0) is 11.6. The summed E-state index contributed by atoms with van der Waals surface area (Å²) in [5, 5.41) is 3.01. The molecule has 0 aromatic heterocycles. The summed E-state index contributed by atoms with van der Waals surface area (Å²) in [7, 11) is 1.82. The van der Waals surface area contributed by atoms with E-state index >= 15 is 0 Å². The molecule has 1 saturated heterocycles. The lowest BCUT2D eigenvalue weighted by Crippen LogP contribution is -2.42. The predicted octanol–water partition coefficient (Wildman–Crippen LogP) is 0.267. The first kappa shape index (κ1) is 12.0. The van der Waals surface area contributed by atoms with E-state index in [0.717, 1.165) is 0 Å². The highest BCUT2D eigenvalue weighted by Crippen LogP contribution is 2.13. The number of carbonyl (C=O) groups is 2. The maximum atomic E-state index is 11.8. The molecule has 86 valence electrons. The zero-order valence-electron chi connectivity index (χ0n) is 9.78. The Labute approximate surface area is 90.4 Å². The van der Waals surface area contributed by atoms with E-state index in [1.54, 1.807) is 4.90 Å². The molecule has 0 saturated carbocycles. The SMILES string of the molecule is CNC(C)CN1C(=O)CN(C(C)C)C1=O. The van der Waals surface area contributed by atoms with Crippen LogP contribution in [0.5, 0.6) is 0 Å². The Kier molecular flexibility index (Phi) is 3.68. The number of likely N-dealkylation sites (N-methyl/N-ethyl adjacent to an activating group) is 1. The fraction of sp³-hybridized carbons (Fsp3) is 0.800. The molecule has 1 rings (SSSR count). The molecular formula is C10H19N3O2. The van der Waals surface area contributed by atoms with Crippen molar-refractivity contribution in [1.82, 2.24) is 15.1 Å². The average molecular weight is 213 g/mol. The van der Waals surface area contributed by atoms with E-state index in [1.807, 2.05) is 27.8 Å². The van der Waals surface area contributed by atoms with Gasteiger partial charge >= 0.3 is 6.03 Å². The van der Waals surface area contributed by atoms with Gasteiger partial charge in [-0.15, -0.1) is 0 Å². The van der Waals surface area contributed by atoms with Gasteiger partial charge in [0.2, 0.25) is 5.91 Å². The Balaban J connectivity index is 2.67. The maximum absolute atomic E-state index is 11.8. The van der Waals surface area contributed by atoms with Crippen LogP contribution in [0.4, 0.5) is 4.79 Å². The first-order valence-electron chi connectivity index (χ1n) is 5.25. The maximum Gasteiger partial charge on any atom is 0.327 e. The highest BCUT2D eigenvalue weighted by atomic mass is 16.2. The number of urea groups is 1. The highest BCUT2D eigenvalue weighted by molar-refractivity contribution is 6.02. The Morgan fingerprint density at radius 2 is 1.93 bits per heavy atom. The fourth-order valence-electron chi connectivity index (χ4n) is 1.51. The first-order chi connectivity index (χ1) is 6.97. The zero-order valence-corrected chi connectivity index (χ0v) is 9.78. The number of amides is 3. The Bertz CT molecular complexity index is 265. The molecule has 1 aliphatic rings. The van der Waals surface area contributed by atoms with Crippen molar-refractivity contribution in [2.75, 3.05) is 20.1 Å². The third-order valence-corrected chi connectivity index (χ3v) is 2.66. The quantitative estimate of drug-likeness (QED) is 0.682. The van der Waals surface area contributed by atoms with Crippen LogP contribution in [0.25, 0.3) is 0 Å². The molecule has 1 heterocycles. The summed E-state index contributed by atoms with van der Waals surface area (Å²) in [5.74, 6) is -0.101. The van der Waals surface area contributed by atoms with Crippen LogP contribution in [0.15, 0.2) is 0 Å². The molecule has 1 unspecified atom stereocenters. The lowest BCUT2D eigenvalue weighted by atomic mass is 10.3. The van der Waals surface area contributed by atoms with Gasteiger partial charge < -0.3 is 10.2 Å². The molecule has 1 atom stereocenters. The molecule has 3 amide bonds. The van der Waals surface area contributed by atoms with Crippen LogP contribution in [0.3, 0.4) is 0 Å². The van der Waals surface area contributed by atoms with Crippen molar-refractivity contribution in [1.29, 1.82) is 0 Å². The Morgan fingerprint density at radius 1 is 1.33 bits per heavy atom. The monoisotopic (exact) mass is 213 g/mol. The van der Waals surface area contributed by atoms with Crippen molar-refractivity contribution in [3.05, 3.63) is 0 Å². The minimum absolute atomic E-state index is 0.0799. The molecule has 0 radical (unpaired) electrons. The van der Waals surface area contributed by atoms with E-state index in [2.05, 4.69) is 5.32 Å². The number of nitrogens with one attached hydrogen (secondary N) is 1. The van der Waals surface area contributed by atoms with Crippen molar-refractivity contribution in [2.45, 2.75) is 32.9 Å². The molecule has 0 bridgehead atoms. The van der Waals surface area contributed by atoms with Gasteiger partial charge in [0.15, 0.2) is 0 Å². The second kappa shape index (κ2) is 4.61. The molecule has 1 fully saturated rings. The van der Waals surface area contributed by atoms with Gasteiger partial charge in [-0.1, -0.05) is 0 Å². The third-order valence-electron chi connectivity index (χ3n) is 2.66. The van der Waals surface area contributed by atoms with E-state index in [0.29, 0.717) is 6.54 Å². The summed E-state index contributed by atoms with van der Waals surface area (Å²) in [4.78, 5) is 26.3. The molecule has 0 aliphatic carbocycles. The molecule has 5 nitrogen and oxygen atoms in total. The highest BCUT2D eigenvalue weighted by Gasteiger charge is 2.37. The van der Waals surface area contributed by atoms with Crippen molar-refractivity contribution < 1.29 is 9.59 Å². The third kappa shape index (κ3) is 2.47. The van der Waals surface area contributed by atoms with Crippen LogP contribution in [0.2, 0.25) is 0 Å². The normalized spacial score (nSPS) is 19.3. The van der Waals surface area contributed by atoms with Crippen LogP contribution in [0.1, 0.15) is 20.8 Å². The molecular weight excluding hydrogens is 194 g/mol. The molecule has 15 heavy (non-hydrogen) atoms. The molecule has 1 N–H and O–H groups in total. The average Bonchev–Trinajstić information content (AvgIpc) is 2.45. The second-order valence-corrected chi connectivity index (χ2v) is 4.20. The number of imide groups is 1. The van der Waals surface area contributed by atoms with E-state index in [1.165, 1.54) is 4.90 Å². The number of hydrogen-bond acceptors (Lipinski definition) is 3. The lowest BCUT2D eigenvalue weighted by Gasteiger charge is -2.22. The minimum Gasteiger partial charge on any atom is -0.315 e. The standard InChI is InChI=1S/C10H19N3O2/c1-7(2)12-6-9(14)13(10(12)15)5-8(3)11-4/h7-8,11H,5-6H2,1-4H3. The van der Waals surface area contributed by atoms with Crippen LogP contribution < -0.4 is 5.32 Å². The summed E-state index contributed by atoms with van der Waals surface area (Å²) in [6, 6.07) is 0.0402. The number of carbonyl (C=O) groups excluding carboxylic acids is 2.